The van der Waals surface area contributed by atoms with E-state index in [2.05, 4.69) is 159 Å². The van der Waals surface area contributed by atoms with E-state index in [-0.39, 0.29) is 95.3 Å². The minimum Gasteiger partial charge on any atom is -0.462 e. The van der Waals surface area contributed by atoms with Crippen molar-refractivity contribution in [3.63, 3.8) is 0 Å². The maximum atomic E-state index is 14.7. The van der Waals surface area contributed by atoms with Crippen LogP contribution in [-0.4, -0.2) is 155 Å². The highest BCUT2D eigenvalue weighted by Crippen LogP contribution is 2.42. The van der Waals surface area contributed by atoms with Crippen LogP contribution in [0.25, 0.3) is 0 Å². The van der Waals surface area contributed by atoms with Crippen molar-refractivity contribution in [3.05, 3.63) is 0 Å². The van der Waals surface area contributed by atoms with Gasteiger partial charge in [-0.15, -0.1) is 0 Å². The predicted molar refractivity (Wildman–Crippen MR) is 239 cm³/mol. The number of ether oxygens (including phenoxy) is 6. The van der Waals surface area contributed by atoms with Crippen molar-refractivity contribution in [2.24, 2.45) is 5.92 Å². The van der Waals surface area contributed by atoms with Crippen LogP contribution < -0.4 is 0 Å². The maximum Gasteiger partial charge on any atom is 0.314 e. The summed E-state index contributed by atoms with van der Waals surface area (Å²) in [5, 5.41) is 0. The van der Waals surface area contributed by atoms with Gasteiger partial charge >= 0.3 is 11.9 Å². The molecule has 60 heavy (non-hydrogen) atoms. The SMILES string of the molecule is CN1C(C)(C)CC(OCOCC(C(=O)OC2CC(C)(C)N(C)C(C)(C)C2)C(CC(=O)OC2CC(C)(C)N(C)C(C)(C)C2)OCOC2CC(C)(C)N(C)C(C)(C)C2)CC1(C)C. The van der Waals surface area contributed by atoms with E-state index in [1.165, 1.54) is 0 Å². The van der Waals surface area contributed by atoms with Crippen molar-refractivity contribution >= 4 is 11.9 Å². The molecule has 0 radical (unpaired) electrons. The van der Waals surface area contributed by atoms with Crippen LogP contribution in [0.2, 0.25) is 0 Å². The summed E-state index contributed by atoms with van der Waals surface area (Å²) in [6.07, 6.45) is 4.37. The number of carbonyl (C=O) groups excluding carboxylic acids is 2. The molecule has 4 aliphatic heterocycles. The summed E-state index contributed by atoms with van der Waals surface area (Å²) in [5.74, 6) is -1.79. The maximum absolute atomic E-state index is 14.7. The van der Waals surface area contributed by atoms with E-state index in [1.807, 2.05) is 0 Å². The van der Waals surface area contributed by atoms with E-state index in [0.29, 0.717) is 25.7 Å². The standard InChI is InChI=1S/C48H90N4O8/c1-41(2)22-33(23-42(3,4)49(41)17)56-31-55-30-37(40(54)60-36-28-47(13,14)52(20)48(15,16)29-36)38(58-32-57-34-24-43(5,6)50(18)44(7,8)25-34)21-39(53)59-35-26-45(9,10)51(19)46(11,12)27-35/h33-38H,21-32H2,1-20H3. The third-order valence-electron chi connectivity index (χ3n) is 16.1. The number of carbonyl (C=O) groups is 2. The molecule has 350 valence electrons. The first kappa shape index (κ1) is 51.3. The number of piperidine rings is 4. The predicted octanol–water partition coefficient (Wildman–Crippen LogP) is 8.03. The fourth-order valence-electron chi connectivity index (χ4n) is 11.4. The van der Waals surface area contributed by atoms with Gasteiger partial charge in [0.15, 0.2) is 0 Å². The van der Waals surface area contributed by atoms with Crippen molar-refractivity contribution in [2.45, 2.75) is 243 Å². The van der Waals surface area contributed by atoms with Crippen LogP contribution >= 0.6 is 0 Å². The van der Waals surface area contributed by atoms with E-state index in [1.54, 1.807) is 0 Å². The van der Waals surface area contributed by atoms with E-state index in [0.717, 1.165) is 25.7 Å². The first-order chi connectivity index (χ1) is 27.1. The van der Waals surface area contributed by atoms with Crippen LogP contribution in [-0.2, 0) is 38.0 Å². The van der Waals surface area contributed by atoms with Crippen LogP contribution in [0.5, 0.6) is 0 Å². The molecule has 2 unspecified atom stereocenters. The lowest BCUT2D eigenvalue weighted by molar-refractivity contribution is -0.197. The first-order valence-corrected chi connectivity index (χ1v) is 22.9. The number of hydrogen-bond donors (Lipinski definition) is 0. The Balaban J connectivity index is 1.59. The zero-order chi connectivity index (χ0) is 45.7. The van der Waals surface area contributed by atoms with Gasteiger partial charge < -0.3 is 28.4 Å². The second-order valence-corrected chi connectivity index (χ2v) is 24.2. The molecule has 12 nitrogen and oxygen atoms in total. The van der Waals surface area contributed by atoms with Gasteiger partial charge in [-0.25, -0.2) is 0 Å². The highest BCUT2D eigenvalue weighted by Gasteiger charge is 2.49. The molecule has 0 aromatic carbocycles. The highest BCUT2D eigenvalue weighted by atomic mass is 16.7. The molecule has 0 amide bonds. The van der Waals surface area contributed by atoms with Gasteiger partial charge in [-0.2, -0.15) is 0 Å². The molecule has 2 atom stereocenters. The van der Waals surface area contributed by atoms with Gasteiger partial charge in [0.2, 0.25) is 0 Å². The summed E-state index contributed by atoms with van der Waals surface area (Å²) in [6, 6.07) is 0. The summed E-state index contributed by atoms with van der Waals surface area (Å²) >= 11 is 0. The fourth-order valence-corrected chi connectivity index (χ4v) is 11.4. The van der Waals surface area contributed by atoms with Crippen LogP contribution in [0.4, 0.5) is 0 Å². The largest absolute Gasteiger partial charge is 0.462 e. The minimum atomic E-state index is -0.934. The summed E-state index contributed by atoms with van der Waals surface area (Å²) < 4.78 is 38.5. The Bertz CT molecular complexity index is 1400. The number of rotatable bonds is 15. The number of esters is 2. The molecule has 0 N–H and O–H groups in total. The Morgan fingerprint density at radius 2 is 0.767 bits per heavy atom. The fraction of sp³-hybridized carbons (Fsp3) is 0.958. The zero-order valence-corrected chi connectivity index (χ0v) is 42.0. The molecule has 4 saturated heterocycles. The summed E-state index contributed by atoms with van der Waals surface area (Å²) in [6.45, 7) is 35.3. The van der Waals surface area contributed by atoms with Gasteiger partial charge in [-0.05, 0) is 165 Å². The second-order valence-electron chi connectivity index (χ2n) is 24.2. The molecule has 0 aliphatic carbocycles. The van der Waals surface area contributed by atoms with Crippen LogP contribution in [0, 0.1) is 5.92 Å². The van der Waals surface area contributed by atoms with Gasteiger partial charge in [0, 0.05) is 70.0 Å². The van der Waals surface area contributed by atoms with Crippen molar-refractivity contribution in [1.29, 1.82) is 0 Å². The van der Waals surface area contributed by atoms with Crippen molar-refractivity contribution in [1.82, 2.24) is 19.6 Å². The van der Waals surface area contributed by atoms with Crippen molar-refractivity contribution in [2.75, 3.05) is 48.4 Å². The molecule has 4 rings (SSSR count). The third-order valence-corrected chi connectivity index (χ3v) is 16.1. The molecular weight excluding hydrogens is 761 g/mol. The van der Waals surface area contributed by atoms with E-state index >= 15 is 0 Å². The molecule has 12 heteroatoms. The number of hydrogen-bond acceptors (Lipinski definition) is 12. The van der Waals surface area contributed by atoms with Crippen LogP contribution in [0.3, 0.4) is 0 Å². The summed E-state index contributed by atoms with van der Waals surface area (Å²) in [5.41, 5.74) is -0.992. The summed E-state index contributed by atoms with van der Waals surface area (Å²) in [7, 11) is 8.61. The van der Waals surface area contributed by atoms with Crippen molar-refractivity contribution < 1.29 is 38.0 Å². The van der Waals surface area contributed by atoms with Gasteiger partial charge in [0.25, 0.3) is 0 Å². The van der Waals surface area contributed by atoms with E-state index < -0.39 is 24.0 Å². The average Bonchev–Trinajstić information content (AvgIpc) is 3.06. The lowest BCUT2D eigenvalue weighted by Crippen LogP contribution is -2.60. The number of likely N-dealkylation sites (tertiary alicyclic amines) is 4. The molecular formula is C48H90N4O8. The molecule has 0 aromatic heterocycles. The molecule has 0 aromatic rings. The highest BCUT2D eigenvalue weighted by molar-refractivity contribution is 5.76. The molecule has 4 heterocycles. The third kappa shape index (κ3) is 12.2. The van der Waals surface area contributed by atoms with Gasteiger partial charge in [0.05, 0.1) is 31.3 Å². The smallest absolute Gasteiger partial charge is 0.314 e. The monoisotopic (exact) mass is 851 g/mol. The first-order valence-electron chi connectivity index (χ1n) is 22.9. The molecule has 0 spiro atoms. The Kier molecular flexibility index (Phi) is 15.6. The normalized spacial score (nSPS) is 28.5. The lowest BCUT2D eigenvalue weighted by Gasteiger charge is -2.53. The number of nitrogens with zero attached hydrogens (tertiary/aromatic N) is 4. The quantitative estimate of drug-likeness (QED) is 0.0906. The Morgan fingerprint density at radius 1 is 0.467 bits per heavy atom. The van der Waals surface area contributed by atoms with Crippen molar-refractivity contribution in [3.8, 4) is 0 Å². The van der Waals surface area contributed by atoms with E-state index in [4.69, 9.17) is 28.4 Å². The zero-order valence-electron chi connectivity index (χ0n) is 42.0. The second kappa shape index (κ2) is 18.2. The molecule has 4 aliphatic rings. The molecule has 0 bridgehead atoms. The summed E-state index contributed by atoms with van der Waals surface area (Å²) in [4.78, 5) is 38.3. The molecule has 0 saturated carbocycles. The van der Waals surface area contributed by atoms with Crippen LogP contribution in [0.1, 0.15) is 169 Å². The van der Waals surface area contributed by atoms with Gasteiger partial charge in [0.1, 0.15) is 31.7 Å². The van der Waals surface area contributed by atoms with Gasteiger partial charge in [-0.1, -0.05) is 0 Å². The Labute approximate surface area is 366 Å². The van der Waals surface area contributed by atoms with Gasteiger partial charge in [-0.3, -0.25) is 29.2 Å². The topological polar surface area (TPSA) is 102 Å². The lowest BCUT2D eigenvalue weighted by atomic mass is 9.78. The average molecular weight is 851 g/mol. The van der Waals surface area contributed by atoms with E-state index in [9.17, 15) is 9.59 Å². The Morgan fingerprint density at radius 3 is 1.12 bits per heavy atom. The Hall–Kier alpha value is -1.38. The molecule has 4 fully saturated rings. The van der Waals surface area contributed by atoms with Crippen LogP contribution in [0.15, 0.2) is 0 Å². The minimum absolute atomic E-state index is 0.00574.